The molecule has 2 heterocycles. The van der Waals surface area contributed by atoms with Crippen molar-refractivity contribution in [2.24, 2.45) is 4.99 Å². The number of carboxylic acids is 2. The molecule has 1 atom stereocenters. The Hall–Kier alpha value is -3.18. The lowest BCUT2D eigenvalue weighted by atomic mass is 10.1. The van der Waals surface area contributed by atoms with Crippen molar-refractivity contribution in [3.05, 3.63) is 65.7 Å². The quantitative estimate of drug-likeness (QED) is 0.372. The molecule has 10 heteroatoms. The third kappa shape index (κ3) is 6.29. The van der Waals surface area contributed by atoms with Crippen molar-refractivity contribution in [1.82, 2.24) is 9.80 Å². The Kier molecular flexibility index (Phi) is 8.19. The van der Waals surface area contributed by atoms with Crippen LogP contribution in [0.2, 0.25) is 0 Å². The first-order valence-corrected chi connectivity index (χ1v) is 12.1. The van der Waals surface area contributed by atoms with Gasteiger partial charge in [0, 0.05) is 54.2 Å². The first-order chi connectivity index (χ1) is 16.9. The number of hydrogen-bond donors (Lipinski definition) is 3. The minimum absolute atomic E-state index is 0.282. The van der Waals surface area contributed by atoms with E-state index in [0.717, 1.165) is 48.2 Å². The molecule has 4 rings (SSSR count). The summed E-state index contributed by atoms with van der Waals surface area (Å²) in [5.74, 6) is -1.94. The summed E-state index contributed by atoms with van der Waals surface area (Å²) in [6.07, 6.45) is -1.02. The largest absolute Gasteiger partial charge is 0.478 e. The van der Waals surface area contributed by atoms with Crippen LogP contribution in [0.5, 0.6) is 0 Å². The standard InChI is InChI=1S/C25H27N3O6S/c29-20(18(25(32)33)15-23(30)31)16-34-14-13-27-9-11-28(12-10-27)24-17-5-1-3-7-21(17)35-22-8-4-2-6-19(22)26-24/h1-8,15,20,29H,9-14,16H2,(H,30,31)(H,32,33)/b18-15+. The highest BCUT2D eigenvalue weighted by atomic mass is 32.2. The van der Waals surface area contributed by atoms with E-state index in [1.54, 1.807) is 11.8 Å². The first kappa shape index (κ1) is 24.9. The van der Waals surface area contributed by atoms with Crippen LogP contribution in [0.25, 0.3) is 0 Å². The topological polar surface area (TPSA) is 123 Å². The van der Waals surface area contributed by atoms with Crippen LogP contribution in [0.4, 0.5) is 5.69 Å². The maximum absolute atomic E-state index is 11.1. The number of nitrogens with zero attached hydrogens (tertiary/aromatic N) is 3. The van der Waals surface area contributed by atoms with E-state index < -0.39 is 23.6 Å². The van der Waals surface area contributed by atoms with Crippen molar-refractivity contribution < 1.29 is 29.6 Å². The van der Waals surface area contributed by atoms with E-state index in [2.05, 4.69) is 28.0 Å². The van der Waals surface area contributed by atoms with Crippen molar-refractivity contribution >= 4 is 35.2 Å². The minimum Gasteiger partial charge on any atom is -0.478 e. The number of ether oxygens (including phenoxy) is 1. The van der Waals surface area contributed by atoms with Gasteiger partial charge in [-0.15, -0.1) is 0 Å². The molecular formula is C25H27N3O6S. The summed E-state index contributed by atoms with van der Waals surface area (Å²) in [7, 11) is 0. The van der Waals surface area contributed by atoms with E-state index in [0.29, 0.717) is 19.2 Å². The molecule has 9 nitrogen and oxygen atoms in total. The first-order valence-electron chi connectivity index (χ1n) is 11.3. The van der Waals surface area contributed by atoms with Gasteiger partial charge >= 0.3 is 11.9 Å². The Labute approximate surface area is 207 Å². The minimum atomic E-state index is -1.51. The smallest absolute Gasteiger partial charge is 0.334 e. The Balaban J connectivity index is 1.32. The number of benzene rings is 2. The molecule has 0 aromatic heterocycles. The maximum atomic E-state index is 11.1. The van der Waals surface area contributed by atoms with Gasteiger partial charge in [0.1, 0.15) is 11.9 Å². The predicted molar refractivity (Wildman–Crippen MR) is 131 cm³/mol. The molecule has 2 aromatic carbocycles. The van der Waals surface area contributed by atoms with Crippen LogP contribution in [-0.4, -0.2) is 94.9 Å². The third-order valence-electron chi connectivity index (χ3n) is 5.82. The molecule has 2 aromatic rings. The van der Waals surface area contributed by atoms with E-state index in [4.69, 9.17) is 19.9 Å². The summed E-state index contributed by atoms with van der Waals surface area (Å²) in [4.78, 5) is 33.7. The van der Waals surface area contributed by atoms with E-state index in [9.17, 15) is 14.7 Å². The molecule has 2 aliphatic rings. The van der Waals surface area contributed by atoms with Crippen molar-refractivity contribution in [1.29, 1.82) is 0 Å². The molecule has 184 valence electrons. The summed E-state index contributed by atoms with van der Waals surface area (Å²) in [6, 6.07) is 16.5. The lowest BCUT2D eigenvalue weighted by Crippen LogP contribution is -2.49. The van der Waals surface area contributed by atoms with Gasteiger partial charge in [-0.25, -0.2) is 14.6 Å². The number of aliphatic imine (C=N–C) groups is 1. The molecule has 0 aliphatic carbocycles. The Bertz CT molecular complexity index is 1140. The van der Waals surface area contributed by atoms with Crippen LogP contribution in [0.15, 0.2) is 75.0 Å². The molecule has 35 heavy (non-hydrogen) atoms. The number of hydrogen-bond acceptors (Lipinski definition) is 8. The lowest BCUT2D eigenvalue weighted by molar-refractivity contribution is -0.136. The van der Waals surface area contributed by atoms with Gasteiger partial charge in [-0.05, 0) is 18.2 Å². The number of para-hydroxylation sites is 1. The number of carboxylic acid groups (broad SMARTS) is 2. The molecule has 1 fully saturated rings. The average molecular weight is 498 g/mol. The fourth-order valence-electron chi connectivity index (χ4n) is 4.01. The third-order valence-corrected chi connectivity index (χ3v) is 6.96. The number of rotatable bonds is 8. The van der Waals surface area contributed by atoms with Gasteiger partial charge in [-0.1, -0.05) is 42.1 Å². The molecule has 1 unspecified atom stereocenters. The number of piperazine rings is 1. The molecule has 0 amide bonds. The van der Waals surface area contributed by atoms with Crippen molar-refractivity contribution in [2.45, 2.75) is 15.9 Å². The van der Waals surface area contributed by atoms with Crippen LogP contribution < -0.4 is 0 Å². The molecule has 0 spiro atoms. The van der Waals surface area contributed by atoms with E-state index in [1.165, 1.54) is 4.90 Å². The van der Waals surface area contributed by atoms with Crippen molar-refractivity contribution in [3.63, 3.8) is 0 Å². The second-order valence-corrected chi connectivity index (χ2v) is 9.25. The molecule has 0 radical (unpaired) electrons. The van der Waals surface area contributed by atoms with Gasteiger partial charge in [0.2, 0.25) is 0 Å². The monoisotopic (exact) mass is 497 g/mol. The average Bonchev–Trinajstić information content (AvgIpc) is 3.02. The lowest BCUT2D eigenvalue weighted by Gasteiger charge is -2.36. The van der Waals surface area contributed by atoms with Crippen molar-refractivity contribution in [3.8, 4) is 0 Å². The fourth-order valence-corrected chi connectivity index (χ4v) is 5.02. The number of fused-ring (bicyclic) bond motifs is 2. The van der Waals surface area contributed by atoms with Crippen molar-refractivity contribution in [2.75, 3.05) is 45.9 Å². The number of amidine groups is 1. The molecule has 2 aliphatic heterocycles. The SMILES string of the molecule is O=C(O)/C=C(/C(=O)O)C(O)COCCN1CCN(C2=Nc3ccccc3Sc3ccccc32)CC1. The van der Waals surface area contributed by atoms with Gasteiger partial charge in [0.05, 0.1) is 24.5 Å². The maximum Gasteiger partial charge on any atom is 0.334 e. The Morgan fingerprint density at radius 2 is 1.71 bits per heavy atom. The van der Waals surface area contributed by atoms with Crippen LogP contribution in [0.1, 0.15) is 5.56 Å². The molecular weight excluding hydrogens is 470 g/mol. The predicted octanol–water partition coefficient (Wildman–Crippen LogP) is 2.32. The zero-order chi connectivity index (χ0) is 24.8. The number of aliphatic hydroxyl groups excluding tert-OH is 1. The van der Waals surface area contributed by atoms with E-state index in [1.807, 2.05) is 30.3 Å². The van der Waals surface area contributed by atoms with E-state index in [-0.39, 0.29) is 6.61 Å². The van der Waals surface area contributed by atoms with Gasteiger partial charge in [0.25, 0.3) is 0 Å². The summed E-state index contributed by atoms with van der Waals surface area (Å²) < 4.78 is 5.43. The highest BCUT2D eigenvalue weighted by Gasteiger charge is 2.25. The summed E-state index contributed by atoms with van der Waals surface area (Å²) in [5, 5.41) is 27.7. The highest BCUT2D eigenvalue weighted by molar-refractivity contribution is 7.99. The molecule has 1 saturated heterocycles. The van der Waals surface area contributed by atoms with Gasteiger partial charge in [0.15, 0.2) is 0 Å². The summed E-state index contributed by atoms with van der Waals surface area (Å²) in [6.45, 7) is 3.84. The van der Waals surface area contributed by atoms with Gasteiger partial charge in [-0.2, -0.15) is 0 Å². The zero-order valence-corrected chi connectivity index (χ0v) is 19.9. The zero-order valence-electron chi connectivity index (χ0n) is 19.0. The number of aliphatic carboxylic acids is 2. The number of aliphatic hydroxyl groups is 1. The highest BCUT2D eigenvalue weighted by Crippen LogP contribution is 2.40. The second kappa shape index (κ2) is 11.5. The van der Waals surface area contributed by atoms with Crippen LogP contribution >= 0.6 is 11.8 Å². The number of carbonyl (C=O) groups is 2. The second-order valence-electron chi connectivity index (χ2n) is 8.16. The Morgan fingerprint density at radius 3 is 2.43 bits per heavy atom. The van der Waals surface area contributed by atoms with E-state index >= 15 is 0 Å². The van der Waals surface area contributed by atoms with Crippen LogP contribution in [0, 0.1) is 0 Å². The summed E-state index contributed by atoms with van der Waals surface area (Å²) >= 11 is 1.73. The summed E-state index contributed by atoms with van der Waals surface area (Å²) in [5.41, 5.74) is 1.49. The van der Waals surface area contributed by atoms with Gasteiger partial charge < -0.3 is 25.0 Å². The Morgan fingerprint density at radius 1 is 1.03 bits per heavy atom. The van der Waals surface area contributed by atoms with Crippen LogP contribution in [-0.2, 0) is 14.3 Å². The normalized spacial score (nSPS) is 17.1. The molecule has 0 bridgehead atoms. The van der Waals surface area contributed by atoms with Crippen LogP contribution in [0.3, 0.4) is 0 Å². The molecule has 3 N–H and O–H groups in total. The molecule has 0 saturated carbocycles. The van der Waals surface area contributed by atoms with Gasteiger partial charge in [-0.3, -0.25) is 4.90 Å². The fraction of sp³-hybridized carbons (Fsp3) is 0.320.